The topological polar surface area (TPSA) is 38.3 Å². The van der Waals surface area contributed by atoms with Gasteiger partial charge in [0.05, 0.1) is 6.61 Å². The molecule has 3 nitrogen and oxygen atoms in total. The Labute approximate surface area is 97.9 Å². The minimum Gasteiger partial charge on any atom is -0.465 e. The van der Waals surface area contributed by atoms with Crippen molar-refractivity contribution in [3.8, 4) is 0 Å². The number of hydrogen-bond donors (Lipinski definition) is 1. The molecule has 0 saturated heterocycles. The zero-order valence-electron chi connectivity index (χ0n) is 10.4. The van der Waals surface area contributed by atoms with Crippen molar-refractivity contribution in [2.24, 2.45) is 11.8 Å². The Morgan fingerprint density at radius 3 is 2.75 bits per heavy atom. The molecule has 0 aromatic rings. The van der Waals surface area contributed by atoms with E-state index in [1.807, 2.05) is 6.92 Å². The molecule has 2 saturated carbocycles. The number of fused-ring (bicyclic) bond motifs is 2. The lowest BCUT2D eigenvalue weighted by atomic mass is 9.80. The van der Waals surface area contributed by atoms with Crippen molar-refractivity contribution in [2.45, 2.75) is 51.5 Å². The Morgan fingerprint density at radius 1 is 1.44 bits per heavy atom. The molecule has 0 radical (unpaired) electrons. The van der Waals surface area contributed by atoms with Crippen LogP contribution in [0.5, 0.6) is 0 Å². The Balaban J connectivity index is 2.10. The van der Waals surface area contributed by atoms with E-state index >= 15 is 0 Å². The minimum atomic E-state index is -0.338. The molecule has 2 aliphatic rings. The highest BCUT2D eigenvalue weighted by molar-refractivity contribution is 5.82. The molecule has 92 valence electrons. The molecule has 1 N–H and O–H groups in total. The zero-order chi connectivity index (χ0) is 11.6. The second-order valence-electron chi connectivity index (χ2n) is 5.20. The maximum absolute atomic E-state index is 12.2. The lowest BCUT2D eigenvalue weighted by molar-refractivity contribution is -0.153. The van der Waals surface area contributed by atoms with Crippen LogP contribution in [0.2, 0.25) is 0 Å². The van der Waals surface area contributed by atoms with Crippen LogP contribution >= 0.6 is 0 Å². The van der Waals surface area contributed by atoms with Crippen LogP contribution in [0.15, 0.2) is 0 Å². The molecule has 3 unspecified atom stereocenters. The fourth-order valence-electron chi connectivity index (χ4n) is 3.48. The first-order valence-corrected chi connectivity index (χ1v) is 6.65. The van der Waals surface area contributed by atoms with Crippen LogP contribution in [0.3, 0.4) is 0 Å². The van der Waals surface area contributed by atoms with E-state index in [0.717, 1.165) is 25.3 Å². The average Bonchev–Trinajstić information content (AvgIpc) is 2.87. The van der Waals surface area contributed by atoms with Crippen molar-refractivity contribution < 1.29 is 9.53 Å². The molecule has 2 aliphatic carbocycles. The van der Waals surface area contributed by atoms with Crippen molar-refractivity contribution in [2.75, 3.05) is 13.2 Å². The van der Waals surface area contributed by atoms with E-state index in [4.69, 9.17) is 4.74 Å². The number of esters is 1. The third kappa shape index (κ3) is 1.86. The van der Waals surface area contributed by atoms with Crippen LogP contribution in [0.1, 0.15) is 46.0 Å². The van der Waals surface area contributed by atoms with Crippen LogP contribution in [0.25, 0.3) is 0 Å². The first-order chi connectivity index (χ1) is 7.73. The quantitative estimate of drug-likeness (QED) is 0.728. The number of ether oxygens (including phenoxy) is 1. The van der Waals surface area contributed by atoms with E-state index in [1.165, 1.54) is 19.3 Å². The Bertz CT molecular complexity index is 267. The molecule has 3 heteroatoms. The van der Waals surface area contributed by atoms with Gasteiger partial charge in [0.1, 0.15) is 5.54 Å². The van der Waals surface area contributed by atoms with E-state index in [9.17, 15) is 4.79 Å². The van der Waals surface area contributed by atoms with Crippen LogP contribution in [-0.2, 0) is 9.53 Å². The fraction of sp³-hybridized carbons (Fsp3) is 0.923. The van der Waals surface area contributed by atoms with Crippen LogP contribution in [0, 0.1) is 11.8 Å². The normalized spacial score (nSPS) is 36.6. The minimum absolute atomic E-state index is 0.00403. The molecule has 2 bridgehead atoms. The molecular weight excluding hydrogens is 202 g/mol. The van der Waals surface area contributed by atoms with Crippen LogP contribution < -0.4 is 5.32 Å². The summed E-state index contributed by atoms with van der Waals surface area (Å²) in [6.45, 7) is 5.44. The van der Waals surface area contributed by atoms with Gasteiger partial charge in [-0.1, -0.05) is 13.3 Å². The lowest BCUT2D eigenvalue weighted by Crippen LogP contribution is -2.56. The molecule has 16 heavy (non-hydrogen) atoms. The van der Waals surface area contributed by atoms with Crippen LogP contribution in [0.4, 0.5) is 0 Å². The van der Waals surface area contributed by atoms with Crippen molar-refractivity contribution in [3.63, 3.8) is 0 Å². The van der Waals surface area contributed by atoms with Gasteiger partial charge >= 0.3 is 5.97 Å². The highest BCUT2D eigenvalue weighted by Gasteiger charge is 2.56. The molecule has 0 heterocycles. The molecule has 2 fully saturated rings. The summed E-state index contributed by atoms with van der Waals surface area (Å²) >= 11 is 0. The summed E-state index contributed by atoms with van der Waals surface area (Å²) in [5.74, 6) is 1.26. The summed E-state index contributed by atoms with van der Waals surface area (Å²) in [6, 6.07) is 0. The number of hydrogen-bond acceptors (Lipinski definition) is 3. The summed E-state index contributed by atoms with van der Waals surface area (Å²) in [4.78, 5) is 12.2. The predicted molar refractivity (Wildman–Crippen MR) is 63.1 cm³/mol. The highest BCUT2D eigenvalue weighted by Crippen LogP contribution is 2.51. The van der Waals surface area contributed by atoms with Gasteiger partial charge in [0.15, 0.2) is 0 Å². The second kappa shape index (κ2) is 4.74. The SMILES string of the molecule is CCCNC1(C(=O)OCC)CC2CCC1C2. The monoisotopic (exact) mass is 225 g/mol. The van der Waals surface area contributed by atoms with Crippen molar-refractivity contribution >= 4 is 5.97 Å². The van der Waals surface area contributed by atoms with E-state index in [0.29, 0.717) is 12.5 Å². The highest BCUT2D eigenvalue weighted by atomic mass is 16.5. The van der Waals surface area contributed by atoms with Gasteiger partial charge in [0, 0.05) is 0 Å². The summed E-state index contributed by atoms with van der Waals surface area (Å²) in [7, 11) is 0. The molecular formula is C13H23NO2. The Kier molecular flexibility index (Phi) is 3.53. The molecule has 2 rings (SSSR count). The molecule has 0 spiro atoms. The van der Waals surface area contributed by atoms with Gasteiger partial charge in [0.25, 0.3) is 0 Å². The van der Waals surface area contributed by atoms with Gasteiger partial charge in [-0.05, 0) is 51.0 Å². The maximum Gasteiger partial charge on any atom is 0.326 e. The summed E-state index contributed by atoms with van der Waals surface area (Å²) < 4.78 is 5.28. The fourth-order valence-corrected chi connectivity index (χ4v) is 3.48. The van der Waals surface area contributed by atoms with Gasteiger partial charge in [0.2, 0.25) is 0 Å². The number of nitrogens with one attached hydrogen (secondary N) is 1. The maximum atomic E-state index is 12.2. The van der Waals surface area contributed by atoms with Gasteiger partial charge in [-0.2, -0.15) is 0 Å². The predicted octanol–water partition coefficient (Wildman–Crippen LogP) is 2.11. The summed E-state index contributed by atoms with van der Waals surface area (Å²) in [6.07, 6.45) is 5.78. The van der Waals surface area contributed by atoms with Crippen LogP contribution in [-0.4, -0.2) is 24.7 Å². The summed E-state index contributed by atoms with van der Waals surface area (Å²) in [5, 5.41) is 3.49. The largest absolute Gasteiger partial charge is 0.465 e. The van der Waals surface area contributed by atoms with E-state index in [-0.39, 0.29) is 11.5 Å². The van der Waals surface area contributed by atoms with Gasteiger partial charge in [-0.3, -0.25) is 4.79 Å². The Hall–Kier alpha value is -0.570. The zero-order valence-corrected chi connectivity index (χ0v) is 10.4. The number of carbonyl (C=O) groups excluding carboxylic acids is 1. The van der Waals surface area contributed by atoms with E-state index in [1.54, 1.807) is 0 Å². The number of carbonyl (C=O) groups is 1. The molecule has 0 amide bonds. The molecule has 0 aliphatic heterocycles. The molecule has 0 aromatic carbocycles. The van der Waals surface area contributed by atoms with Crippen molar-refractivity contribution in [3.05, 3.63) is 0 Å². The van der Waals surface area contributed by atoms with Crippen molar-refractivity contribution in [1.82, 2.24) is 5.32 Å². The van der Waals surface area contributed by atoms with E-state index in [2.05, 4.69) is 12.2 Å². The van der Waals surface area contributed by atoms with Gasteiger partial charge in [-0.15, -0.1) is 0 Å². The Morgan fingerprint density at radius 2 is 2.25 bits per heavy atom. The average molecular weight is 225 g/mol. The van der Waals surface area contributed by atoms with E-state index < -0.39 is 0 Å². The third-order valence-corrected chi connectivity index (χ3v) is 4.18. The second-order valence-corrected chi connectivity index (χ2v) is 5.20. The standard InChI is InChI=1S/C13H23NO2/c1-3-7-14-13(12(15)16-4-2)9-10-5-6-11(13)8-10/h10-11,14H,3-9H2,1-2H3. The van der Waals surface area contributed by atoms with Gasteiger partial charge in [-0.25, -0.2) is 0 Å². The summed E-state index contributed by atoms with van der Waals surface area (Å²) in [5.41, 5.74) is -0.338. The molecule has 0 aromatic heterocycles. The number of rotatable bonds is 5. The smallest absolute Gasteiger partial charge is 0.326 e. The lowest BCUT2D eigenvalue weighted by Gasteiger charge is -2.36. The molecule has 3 atom stereocenters. The van der Waals surface area contributed by atoms with Crippen molar-refractivity contribution in [1.29, 1.82) is 0 Å². The first-order valence-electron chi connectivity index (χ1n) is 6.65. The first kappa shape index (κ1) is 11.9. The third-order valence-electron chi connectivity index (χ3n) is 4.18. The van der Waals surface area contributed by atoms with Gasteiger partial charge < -0.3 is 10.1 Å².